The van der Waals surface area contributed by atoms with Gasteiger partial charge in [-0.1, -0.05) is 19.3 Å². The van der Waals surface area contributed by atoms with Crippen LogP contribution in [-0.4, -0.2) is 53.0 Å². The highest BCUT2D eigenvalue weighted by Gasteiger charge is 2.24. The Morgan fingerprint density at radius 3 is 2.86 bits per heavy atom. The van der Waals surface area contributed by atoms with Crippen LogP contribution in [-0.2, 0) is 0 Å². The van der Waals surface area contributed by atoms with Crippen LogP contribution in [0.25, 0.3) is 5.65 Å². The zero-order valence-electron chi connectivity index (χ0n) is 17.1. The van der Waals surface area contributed by atoms with E-state index in [1.807, 2.05) is 29.7 Å². The summed E-state index contributed by atoms with van der Waals surface area (Å²) in [5, 5.41) is 3.21. The van der Waals surface area contributed by atoms with Crippen molar-refractivity contribution in [3.8, 4) is 5.75 Å². The van der Waals surface area contributed by atoms with Crippen molar-refractivity contribution in [3.05, 3.63) is 29.7 Å². The van der Waals surface area contributed by atoms with Gasteiger partial charge in [-0.05, 0) is 64.3 Å². The first-order valence-corrected chi connectivity index (χ1v) is 10.7. The summed E-state index contributed by atoms with van der Waals surface area (Å²) in [6.07, 6.45) is 10.5. The van der Waals surface area contributed by atoms with Gasteiger partial charge in [0.05, 0.1) is 12.3 Å². The van der Waals surface area contributed by atoms with Crippen LogP contribution in [0.4, 0.5) is 0 Å². The molecule has 4 rings (SSSR count). The molecule has 0 aromatic carbocycles. The lowest BCUT2D eigenvalue weighted by atomic mass is 9.90. The molecule has 1 N–H and O–H groups in total. The predicted octanol–water partition coefficient (Wildman–Crippen LogP) is 3.43. The summed E-state index contributed by atoms with van der Waals surface area (Å²) >= 11 is 0. The van der Waals surface area contributed by atoms with Gasteiger partial charge in [0.2, 0.25) is 0 Å². The lowest BCUT2D eigenvalue weighted by molar-refractivity contribution is 0.0906. The molecular weight excluding hydrogens is 352 g/mol. The fourth-order valence-corrected chi connectivity index (χ4v) is 4.64. The van der Waals surface area contributed by atoms with Gasteiger partial charge in [-0.15, -0.1) is 0 Å². The van der Waals surface area contributed by atoms with Crippen molar-refractivity contribution in [2.45, 2.75) is 57.9 Å². The maximum atomic E-state index is 13.0. The number of fused-ring (bicyclic) bond motifs is 1. The number of aromatic nitrogens is 2. The number of nitrogens with zero attached hydrogens (tertiary/aromatic N) is 3. The second-order valence-electron chi connectivity index (χ2n) is 8.50. The first-order valence-electron chi connectivity index (χ1n) is 10.7. The molecule has 0 spiro atoms. The smallest absolute Gasteiger partial charge is 0.270 e. The van der Waals surface area contributed by atoms with Gasteiger partial charge < -0.3 is 15.0 Å². The molecule has 2 fully saturated rings. The topological polar surface area (TPSA) is 58.9 Å². The zero-order chi connectivity index (χ0) is 19.5. The van der Waals surface area contributed by atoms with Crippen LogP contribution in [0.3, 0.4) is 0 Å². The third kappa shape index (κ3) is 4.17. The number of likely N-dealkylation sites (tertiary alicyclic amines) is 1. The van der Waals surface area contributed by atoms with Crippen molar-refractivity contribution in [2.75, 3.05) is 26.7 Å². The van der Waals surface area contributed by atoms with E-state index < -0.39 is 0 Å². The highest BCUT2D eigenvalue weighted by Crippen LogP contribution is 2.27. The Kier molecular flexibility index (Phi) is 5.85. The molecule has 1 saturated heterocycles. The van der Waals surface area contributed by atoms with Crippen LogP contribution >= 0.6 is 0 Å². The van der Waals surface area contributed by atoms with E-state index >= 15 is 0 Å². The summed E-state index contributed by atoms with van der Waals surface area (Å²) in [5.74, 6) is 1.36. The Balaban J connectivity index is 1.51. The Morgan fingerprint density at radius 1 is 1.25 bits per heavy atom. The van der Waals surface area contributed by atoms with Gasteiger partial charge in [-0.2, -0.15) is 0 Å². The number of likely N-dealkylation sites (N-methyl/N-ethyl adjacent to an activating group) is 1. The van der Waals surface area contributed by atoms with Crippen molar-refractivity contribution in [3.63, 3.8) is 0 Å². The van der Waals surface area contributed by atoms with Gasteiger partial charge in [0, 0.05) is 18.8 Å². The minimum atomic E-state index is -0.0465. The van der Waals surface area contributed by atoms with Gasteiger partial charge >= 0.3 is 0 Å². The summed E-state index contributed by atoms with van der Waals surface area (Å²) in [6.45, 7) is 4.64. The van der Waals surface area contributed by atoms with Gasteiger partial charge in [-0.25, -0.2) is 4.98 Å². The number of carbonyl (C=O) groups is 1. The fourth-order valence-electron chi connectivity index (χ4n) is 4.64. The number of ether oxygens (including phenoxy) is 1. The summed E-state index contributed by atoms with van der Waals surface area (Å²) in [7, 11) is 2.10. The molecule has 2 aromatic rings. The third-order valence-electron chi connectivity index (χ3n) is 6.16. The van der Waals surface area contributed by atoms with E-state index in [2.05, 4.69) is 22.2 Å². The molecule has 0 bridgehead atoms. The maximum absolute atomic E-state index is 13.0. The van der Waals surface area contributed by atoms with Crippen LogP contribution in [0.5, 0.6) is 5.75 Å². The van der Waals surface area contributed by atoms with Crippen LogP contribution in [0.15, 0.2) is 18.3 Å². The Labute approximate surface area is 167 Å². The Morgan fingerprint density at radius 2 is 2.07 bits per heavy atom. The zero-order valence-corrected chi connectivity index (χ0v) is 17.1. The molecule has 1 amide bonds. The fraction of sp³-hybridized carbons (Fsp3) is 0.636. The molecule has 1 saturated carbocycles. The van der Waals surface area contributed by atoms with E-state index in [0.717, 1.165) is 49.6 Å². The molecule has 2 aromatic heterocycles. The number of pyridine rings is 1. The standard InChI is InChI=1S/C22H32N4O2/c1-16-20(22(27)24-18-10-6-12-25(2)14-18)26-13-7-11-19(21(26)23-16)28-15-17-8-4-3-5-9-17/h7,11,13,17-18H,3-6,8-10,12,14-15H2,1-2H3,(H,24,27)/t18-/m0/s1. The second-order valence-corrected chi connectivity index (χ2v) is 8.50. The number of hydrogen-bond acceptors (Lipinski definition) is 4. The Bertz CT molecular complexity index is 825. The largest absolute Gasteiger partial charge is 0.489 e. The van der Waals surface area contributed by atoms with Crippen molar-refractivity contribution in [1.82, 2.24) is 19.6 Å². The highest BCUT2D eigenvalue weighted by molar-refractivity contribution is 5.95. The quantitative estimate of drug-likeness (QED) is 0.858. The average molecular weight is 385 g/mol. The Hall–Kier alpha value is -2.08. The predicted molar refractivity (Wildman–Crippen MR) is 110 cm³/mol. The summed E-state index contributed by atoms with van der Waals surface area (Å²) < 4.78 is 8.03. The number of piperidine rings is 1. The molecule has 28 heavy (non-hydrogen) atoms. The minimum absolute atomic E-state index is 0.0465. The van der Waals surface area contributed by atoms with Crippen molar-refractivity contribution < 1.29 is 9.53 Å². The molecule has 1 atom stereocenters. The monoisotopic (exact) mass is 384 g/mol. The lowest BCUT2D eigenvalue weighted by Gasteiger charge is -2.30. The number of rotatable bonds is 5. The SMILES string of the molecule is Cc1nc2c(OCC3CCCCC3)cccn2c1C(=O)N[C@H]1CCCN(C)C1. The van der Waals surface area contributed by atoms with Gasteiger partial charge in [0.25, 0.3) is 5.91 Å². The summed E-state index contributed by atoms with van der Waals surface area (Å²) in [5.41, 5.74) is 2.10. The highest BCUT2D eigenvalue weighted by atomic mass is 16.5. The van der Waals surface area contributed by atoms with Crippen LogP contribution in [0.2, 0.25) is 0 Å². The second kappa shape index (κ2) is 8.52. The lowest BCUT2D eigenvalue weighted by Crippen LogP contribution is -2.46. The van der Waals surface area contributed by atoms with Gasteiger partial charge in [-0.3, -0.25) is 9.20 Å². The van der Waals surface area contributed by atoms with Crippen LogP contribution < -0.4 is 10.1 Å². The first-order chi connectivity index (χ1) is 13.6. The van der Waals surface area contributed by atoms with Crippen molar-refractivity contribution >= 4 is 11.6 Å². The molecule has 2 aliphatic rings. The number of imidazole rings is 1. The number of aryl methyl sites for hydroxylation is 1. The van der Waals surface area contributed by atoms with Gasteiger partial charge in [0.1, 0.15) is 5.69 Å². The third-order valence-corrected chi connectivity index (χ3v) is 6.16. The van der Waals surface area contributed by atoms with Crippen molar-refractivity contribution in [2.24, 2.45) is 5.92 Å². The van der Waals surface area contributed by atoms with Crippen LogP contribution in [0, 0.1) is 12.8 Å². The minimum Gasteiger partial charge on any atom is -0.489 e. The molecule has 3 heterocycles. The van der Waals surface area contributed by atoms with E-state index in [-0.39, 0.29) is 11.9 Å². The van der Waals surface area contributed by atoms with E-state index in [1.54, 1.807) is 0 Å². The number of carbonyl (C=O) groups excluding carboxylic acids is 1. The van der Waals surface area contributed by atoms with E-state index in [0.29, 0.717) is 11.6 Å². The molecule has 6 nitrogen and oxygen atoms in total. The van der Waals surface area contributed by atoms with Crippen molar-refractivity contribution in [1.29, 1.82) is 0 Å². The molecule has 6 heteroatoms. The summed E-state index contributed by atoms with van der Waals surface area (Å²) in [6, 6.07) is 4.10. The average Bonchev–Trinajstić information content (AvgIpc) is 3.03. The number of nitrogens with one attached hydrogen (secondary N) is 1. The molecule has 152 valence electrons. The normalized spacial score (nSPS) is 21.7. The maximum Gasteiger partial charge on any atom is 0.270 e. The van der Waals surface area contributed by atoms with Crippen LogP contribution in [0.1, 0.15) is 61.1 Å². The molecule has 0 unspecified atom stereocenters. The molecule has 1 aliphatic heterocycles. The molecule has 0 radical (unpaired) electrons. The molecule has 1 aliphatic carbocycles. The van der Waals surface area contributed by atoms with E-state index in [9.17, 15) is 4.79 Å². The molecular formula is C22H32N4O2. The van der Waals surface area contributed by atoms with Gasteiger partial charge in [0.15, 0.2) is 11.4 Å². The first kappa shape index (κ1) is 19.2. The van der Waals surface area contributed by atoms with E-state index in [1.165, 1.54) is 32.1 Å². The summed E-state index contributed by atoms with van der Waals surface area (Å²) in [4.78, 5) is 19.9. The van der Waals surface area contributed by atoms with E-state index in [4.69, 9.17) is 4.74 Å². The number of hydrogen-bond donors (Lipinski definition) is 1. The number of amides is 1.